The highest BCUT2D eigenvalue weighted by Crippen LogP contribution is 1.95. The van der Waals surface area contributed by atoms with Crippen molar-refractivity contribution in [2.75, 3.05) is 7.05 Å². The van der Waals surface area contributed by atoms with Gasteiger partial charge in [-0.1, -0.05) is 13.8 Å². The standard InChI is InChI=1S/C5H12NO/c1-4-5(2)6(3)7/h5H,4H2,1-3H3/q-1/t5-/m0/s1. The Bertz CT molecular complexity index is 45.3. The molecule has 0 spiro atoms. The maximum Gasteiger partial charge on any atom is -0.00597 e. The van der Waals surface area contributed by atoms with Gasteiger partial charge in [0.05, 0.1) is 0 Å². The van der Waals surface area contributed by atoms with Crippen LogP contribution >= 0.6 is 0 Å². The lowest BCUT2D eigenvalue weighted by Gasteiger charge is -2.28. The van der Waals surface area contributed by atoms with Gasteiger partial charge in [-0.2, -0.15) is 0 Å². The minimum absolute atomic E-state index is 0.181. The zero-order valence-corrected chi connectivity index (χ0v) is 5.14. The first-order valence-electron chi connectivity index (χ1n) is 2.58. The molecule has 0 saturated carbocycles. The van der Waals surface area contributed by atoms with Crippen molar-refractivity contribution in [3.63, 3.8) is 0 Å². The Balaban J connectivity index is 3.14. The molecule has 1 atom stereocenters. The van der Waals surface area contributed by atoms with Crippen LogP contribution in [0.3, 0.4) is 0 Å². The number of hydrogen-bond acceptors (Lipinski definition) is 2. The molecule has 0 aromatic rings. The molecule has 2 heteroatoms. The fourth-order valence-corrected chi connectivity index (χ4v) is 0.257. The van der Waals surface area contributed by atoms with Crippen LogP contribution in [0.25, 0.3) is 0 Å². The SMILES string of the molecule is CC[C@H](C)N(C)[O-]. The molecule has 0 N–H and O–H groups in total. The molecule has 0 amide bonds. The molecular formula is C5H12NO-. The summed E-state index contributed by atoms with van der Waals surface area (Å²) in [5, 5.41) is 11.3. The summed E-state index contributed by atoms with van der Waals surface area (Å²) in [6.07, 6.45) is 0.931. The largest absolute Gasteiger partial charge is 0.785 e. The van der Waals surface area contributed by atoms with E-state index in [9.17, 15) is 5.21 Å². The van der Waals surface area contributed by atoms with Gasteiger partial charge in [0.15, 0.2) is 0 Å². The summed E-state index contributed by atoms with van der Waals surface area (Å²) in [5.41, 5.74) is 0. The van der Waals surface area contributed by atoms with E-state index in [0.717, 1.165) is 11.5 Å². The van der Waals surface area contributed by atoms with E-state index in [0.29, 0.717) is 0 Å². The van der Waals surface area contributed by atoms with Crippen LogP contribution in [0, 0.1) is 5.21 Å². The molecule has 0 rings (SSSR count). The highest BCUT2D eigenvalue weighted by atomic mass is 16.5. The van der Waals surface area contributed by atoms with Crippen LogP contribution in [-0.4, -0.2) is 18.2 Å². The average Bonchev–Trinajstić information content (AvgIpc) is 1.65. The molecule has 0 aliphatic rings. The summed E-state index contributed by atoms with van der Waals surface area (Å²) in [4.78, 5) is 0. The molecule has 0 radical (unpaired) electrons. The van der Waals surface area contributed by atoms with E-state index < -0.39 is 0 Å². The second kappa shape index (κ2) is 2.99. The maximum atomic E-state index is 10.3. The van der Waals surface area contributed by atoms with Gasteiger partial charge in [0, 0.05) is 0 Å². The Kier molecular flexibility index (Phi) is 2.96. The summed E-state index contributed by atoms with van der Waals surface area (Å²) in [7, 11) is 1.55. The number of hydroxylamine groups is 2. The molecule has 0 bridgehead atoms. The van der Waals surface area contributed by atoms with Crippen LogP contribution in [0.4, 0.5) is 0 Å². The molecule has 0 saturated heterocycles. The topological polar surface area (TPSA) is 26.3 Å². The van der Waals surface area contributed by atoms with Crippen molar-refractivity contribution in [2.24, 2.45) is 0 Å². The Morgan fingerprint density at radius 1 is 1.71 bits per heavy atom. The fraction of sp³-hybridized carbons (Fsp3) is 1.00. The molecule has 0 aromatic carbocycles. The predicted octanol–water partition coefficient (Wildman–Crippen LogP) is 1.21. The molecule has 2 nitrogen and oxygen atoms in total. The van der Waals surface area contributed by atoms with Crippen LogP contribution in [0.2, 0.25) is 0 Å². The summed E-state index contributed by atoms with van der Waals surface area (Å²) in [6, 6.07) is 0.181. The third kappa shape index (κ3) is 2.60. The summed E-state index contributed by atoms with van der Waals surface area (Å²) in [6.45, 7) is 3.91. The minimum Gasteiger partial charge on any atom is -0.785 e. The van der Waals surface area contributed by atoms with Crippen LogP contribution in [0.1, 0.15) is 20.3 Å². The number of rotatable bonds is 2. The molecule has 44 valence electrons. The summed E-state index contributed by atoms with van der Waals surface area (Å²) >= 11 is 0. The van der Waals surface area contributed by atoms with Gasteiger partial charge in [0.2, 0.25) is 0 Å². The quantitative estimate of drug-likeness (QED) is 0.490. The van der Waals surface area contributed by atoms with Gasteiger partial charge in [0.1, 0.15) is 0 Å². The lowest BCUT2D eigenvalue weighted by atomic mass is 10.3. The monoisotopic (exact) mass is 102 g/mol. The Hall–Kier alpha value is -0.0800. The highest BCUT2D eigenvalue weighted by molar-refractivity contribution is 4.58. The fourth-order valence-electron chi connectivity index (χ4n) is 0.257. The Labute approximate surface area is 44.7 Å². The van der Waals surface area contributed by atoms with Crippen molar-refractivity contribution < 1.29 is 0 Å². The first-order chi connectivity index (χ1) is 3.18. The molecule has 0 aliphatic heterocycles. The molecule has 0 aromatic heterocycles. The smallest absolute Gasteiger partial charge is 0.00597 e. The maximum absolute atomic E-state index is 10.3. The number of hydrogen-bond donors (Lipinski definition) is 0. The third-order valence-electron chi connectivity index (χ3n) is 1.21. The van der Waals surface area contributed by atoms with Crippen molar-refractivity contribution in [1.29, 1.82) is 0 Å². The Morgan fingerprint density at radius 2 is 2.14 bits per heavy atom. The summed E-state index contributed by atoms with van der Waals surface area (Å²) < 4.78 is 0. The molecule has 0 unspecified atom stereocenters. The van der Waals surface area contributed by atoms with Crippen molar-refractivity contribution in [3.05, 3.63) is 5.21 Å². The first-order valence-corrected chi connectivity index (χ1v) is 2.58. The van der Waals surface area contributed by atoms with E-state index in [1.807, 2.05) is 13.8 Å². The van der Waals surface area contributed by atoms with E-state index in [1.54, 1.807) is 7.05 Å². The van der Waals surface area contributed by atoms with Crippen molar-refractivity contribution in [3.8, 4) is 0 Å². The highest BCUT2D eigenvalue weighted by Gasteiger charge is 1.91. The zero-order valence-electron chi connectivity index (χ0n) is 5.14. The van der Waals surface area contributed by atoms with E-state index in [2.05, 4.69) is 0 Å². The van der Waals surface area contributed by atoms with Gasteiger partial charge in [0.25, 0.3) is 0 Å². The van der Waals surface area contributed by atoms with Gasteiger partial charge >= 0.3 is 0 Å². The first kappa shape index (κ1) is 6.92. The normalized spacial score (nSPS) is 15.0. The van der Waals surface area contributed by atoms with Gasteiger partial charge < -0.3 is 10.3 Å². The van der Waals surface area contributed by atoms with E-state index in [4.69, 9.17) is 0 Å². The van der Waals surface area contributed by atoms with Crippen LogP contribution in [0.15, 0.2) is 0 Å². The van der Waals surface area contributed by atoms with Crippen molar-refractivity contribution in [2.45, 2.75) is 26.3 Å². The Morgan fingerprint density at radius 3 is 2.14 bits per heavy atom. The van der Waals surface area contributed by atoms with Gasteiger partial charge in [-0.25, -0.2) is 0 Å². The molecular weight excluding hydrogens is 90.1 g/mol. The molecule has 7 heavy (non-hydrogen) atoms. The van der Waals surface area contributed by atoms with Gasteiger partial charge in [-0.05, 0) is 19.5 Å². The second-order valence-corrected chi connectivity index (χ2v) is 1.80. The molecule has 0 fully saturated rings. The van der Waals surface area contributed by atoms with Crippen molar-refractivity contribution >= 4 is 0 Å². The average molecular weight is 102 g/mol. The zero-order chi connectivity index (χ0) is 5.86. The van der Waals surface area contributed by atoms with Crippen LogP contribution in [0.5, 0.6) is 0 Å². The second-order valence-electron chi connectivity index (χ2n) is 1.80. The van der Waals surface area contributed by atoms with Gasteiger partial charge in [-0.15, -0.1) is 0 Å². The third-order valence-corrected chi connectivity index (χ3v) is 1.21. The molecule has 0 heterocycles. The van der Waals surface area contributed by atoms with Gasteiger partial charge in [-0.3, -0.25) is 0 Å². The molecule has 0 aliphatic carbocycles. The van der Waals surface area contributed by atoms with Crippen LogP contribution in [-0.2, 0) is 0 Å². The van der Waals surface area contributed by atoms with Crippen molar-refractivity contribution in [1.82, 2.24) is 5.06 Å². The van der Waals surface area contributed by atoms with Crippen LogP contribution < -0.4 is 0 Å². The lowest BCUT2D eigenvalue weighted by Crippen LogP contribution is -2.21. The van der Waals surface area contributed by atoms with E-state index in [1.165, 1.54) is 0 Å². The minimum atomic E-state index is 0.181. The van der Waals surface area contributed by atoms with E-state index >= 15 is 0 Å². The lowest BCUT2D eigenvalue weighted by molar-refractivity contribution is 0.345. The van der Waals surface area contributed by atoms with E-state index in [-0.39, 0.29) is 6.04 Å². The summed E-state index contributed by atoms with van der Waals surface area (Å²) in [5.74, 6) is 0. The number of nitrogens with zero attached hydrogens (tertiary/aromatic N) is 1. The predicted molar refractivity (Wildman–Crippen MR) is 30.9 cm³/mol.